The molecule has 0 bridgehead atoms. The lowest BCUT2D eigenvalue weighted by Crippen LogP contribution is -2.11. The van der Waals surface area contributed by atoms with Crippen molar-refractivity contribution >= 4 is 0 Å². The van der Waals surface area contributed by atoms with Gasteiger partial charge in [0.2, 0.25) is 0 Å². The summed E-state index contributed by atoms with van der Waals surface area (Å²) in [6.07, 6.45) is 5.71. The predicted octanol–water partition coefficient (Wildman–Crippen LogP) is 2.12. The van der Waals surface area contributed by atoms with Crippen LogP contribution in [-0.4, -0.2) is 0 Å². The third-order valence-electron chi connectivity index (χ3n) is 2.49. The fourth-order valence-electron chi connectivity index (χ4n) is 1.50. The van der Waals surface area contributed by atoms with Gasteiger partial charge >= 0.3 is 0 Å². The molecule has 0 aliphatic heterocycles. The standard InChI is InChI=1S/C7H10/c1-6-5-7(6)3-2-4-7/h1-5H2. The maximum atomic E-state index is 3.94. The Morgan fingerprint density at radius 3 is 2.00 bits per heavy atom. The van der Waals surface area contributed by atoms with E-state index >= 15 is 0 Å². The third kappa shape index (κ3) is 0.287. The Hall–Kier alpha value is -0.260. The average molecular weight is 94.2 g/mol. The van der Waals surface area contributed by atoms with Crippen LogP contribution in [0.15, 0.2) is 12.2 Å². The van der Waals surface area contributed by atoms with Crippen molar-refractivity contribution in [2.24, 2.45) is 5.41 Å². The summed E-state index contributed by atoms with van der Waals surface area (Å²) in [5.41, 5.74) is 2.26. The molecule has 0 N–H and O–H groups in total. The van der Waals surface area contributed by atoms with Gasteiger partial charge in [0, 0.05) is 0 Å². The van der Waals surface area contributed by atoms with Crippen molar-refractivity contribution in [3.63, 3.8) is 0 Å². The van der Waals surface area contributed by atoms with Crippen LogP contribution in [0.1, 0.15) is 25.7 Å². The Morgan fingerprint density at radius 1 is 1.43 bits per heavy atom. The molecule has 0 unspecified atom stereocenters. The van der Waals surface area contributed by atoms with Gasteiger partial charge in [-0.1, -0.05) is 18.6 Å². The van der Waals surface area contributed by atoms with Crippen LogP contribution in [0.2, 0.25) is 0 Å². The number of hydrogen-bond donors (Lipinski definition) is 0. The van der Waals surface area contributed by atoms with Gasteiger partial charge < -0.3 is 0 Å². The monoisotopic (exact) mass is 94.1 g/mol. The summed E-state index contributed by atoms with van der Waals surface area (Å²) in [4.78, 5) is 0. The van der Waals surface area contributed by atoms with Gasteiger partial charge in [0.05, 0.1) is 0 Å². The molecule has 2 aliphatic carbocycles. The van der Waals surface area contributed by atoms with E-state index < -0.39 is 0 Å². The average Bonchev–Trinajstić information content (AvgIpc) is 2.10. The molecule has 0 radical (unpaired) electrons. The zero-order valence-corrected chi connectivity index (χ0v) is 4.54. The molecule has 0 aromatic rings. The molecule has 2 aliphatic rings. The lowest BCUT2D eigenvalue weighted by atomic mass is 9.81. The number of rotatable bonds is 0. The summed E-state index contributed by atoms with van der Waals surface area (Å²) >= 11 is 0. The highest BCUT2D eigenvalue weighted by atomic mass is 14.6. The molecule has 1 spiro atoms. The van der Waals surface area contributed by atoms with Crippen molar-refractivity contribution < 1.29 is 0 Å². The Kier molecular flexibility index (Phi) is 0.421. The van der Waals surface area contributed by atoms with Gasteiger partial charge in [-0.2, -0.15) is 0 Å². The van der Waals surface area contributed by atoms with E-state index in [-0.39, 0.29) is 0 Å². The molecule has 38 valence electrons. The first-order valence-electron chi connectivity index (χ1n) is 3.02. The van der Waals surface area contributed by atoms with Gasteiger partial charge in [0.25, 0.3) is 0 Å². The zero-order chi connectivity index (χ0) is 4.91. The minimum absolute atomic E-state index is 0.736. The summed E-state index contributed by atoms with van der Waals surface area (Å²) in [6.45, 7) is 3.94. The molecule has 0 aromatic carbocycles. The maximum absolute atomic E-state index is 3.94. The van der Waals surface area contributed by atoms with Crippen LogP contribution in [0.5, 0.6) is 0 Å². The van der Waals surface area contributed by atoms with Gasteiger partial charge in [-0.05, 0) is 24.7 Å². The molecule has 7 heavy (non-hydrogen) atoms. The van der Waals surface area contributed by atoms with Crippen LogP contribution >= 0.6 is 0 Å². The largest absolute Gasteiger partial charge is 0.0993 e. The molecule has 2 fully saturated rings. The molecule has 2 saturated carbocycles. The minimum Gasteiger partial charge on any atom is -0.0993 e. The van der Waals surface area contributed by atoms with Crippen LogP contribution in [0.3, 0.4) is 0 Å². The van der Waals surface area contributed by atoms with Gasteiger partial charge in [-0.25, -0.2) is 0 Å². The van der Waals surface area contributed by atoms with Crippen molar-refractivity contribution in [2.75, 3.05) is 0 Å². The smallest absolute Gasteiger partial charge is 0.00532 e. The fraction of sp³-hybridized carbons (Fsp3) is 0.714. The first-order chi connectivity index (χ1) is 3.33. The summed E-state index contributed by atoms with van der Waals surface area (Å²) in [7, 11) is 0. The summed E-state index contributed by atoms with van der Waals surface area (Å²) in [5.74, 6) is 0. The Labute approximate surface area is 44.2 Å². The Morgan fingerprint density at radius 2 is 2.00 bits per heavy atom. The molecular formula is C7H10. The van der Waals surface area contributed by atoms with Crippen molar-refractivity contribution in [1.29, 1.82) is 0 Å². The number of hydrogen-bond acceptors (Lipinski definition) is 0. The van der Waals surface area contributed by atoms with E-state index in [0.29, 0.717) is 0 Å². The summed E-state index contributed by atoms with van der Waals surface area (Å²) in [5, 5.41) is 0. The van der Waals surface area contributed by atoms with Crippen LogP contribution < -0.4 is 0 Å². The SMILES string of the molecule is C=C1CC12CCC2. The second kappa shape index (κ2) is 0.795. The first kappa shape index (κ1) is 3.71. The molecule has 0 heterocycles. The normalized spacial score (nSPS) is 32.9. The summed E-state index contributed by atoms with van der Waals surface area (Å²) < 4.78 is 0. The highest BCUT2D eigenvalue weighted by molar-refractivity contribution is 5.32. The van der Waals surface area contributed by atoms with Crippen LogP contribution in [-0.2, 0) is 0 Å². The second-order valence-corrected chi connectivity index (χ2v) is 2.91. The Balaban J connectivity index is 2.18. The van der Waals surface area contributed by atoms with E-state index in [9.17, 15) is 0 Å². The van der Waals surface area contributed by atoms with E-state index in [1.54, 1.807) is 0 Å². The molecular weight excluding hydrogens is 84.1 g/mol. The molecule has 0 aromatic heterocycles. The molecule has 0 nitrogen and oxygen atoms in total. The van der Waals surface area contributed by atoms with E-state index in [2.05, 4.69) is 6.58 Å². The molecule has 0 atom stereocenters. The molecule has 0 heteroatoms. The first-order valence-corrected chi connectivity index (χ1v) is 3.02. The van der Waals surface area contributed by atoms with E-state index in [0.717, 1.165) is 5.41 Å². The zero-order valence-electron chi connectivity index (χ0n) is 4.54. The van der Waals surface area contributed by atoms with E-state index in [1.165, 1.54) is 31.3 Å². The maximum Gasteiger partial charge on any atom is -0.00532 e. The van der Waals surface area contributed by atoms with Crippen LogP contribution in [0.4, 0.5) is 0 Å². The van der Waals surface area contributed by atoms with E-state index in [1.807, 2.05) is 0 Å². The lowest BCUT2D eigenvalue weighted by Gasteiger charge is -2.23. The second-order valence-electron chi connectivity index (χ2n) is 2.91. The molecule has 0 saturated heterocycles. The third-order valence-corrected chi connectivity index (χ3v) is 2.49. The molecule has 0 amide bonds. The van der Waals surface area contributed by atoms with Gasteiger partial charge in [-0.15, -0.1) is 0 Å². The predicted molar refractivity (Wildman–Crippen MR) is 30.0 cm³/mol. The number of allylic oxidation sites excluding steroid dienone is 1. The van der Waals surface area contributed by atoms with Gasteiger partial charge in [-0.3, -0.25) is 0 Å². The van der Waals surface area contributed by atoms with Crippen LogP contribution in [0.25, 0.3) is 0 Å². The molecule has 2 rings (SSSR count). The van der Waals surface area contributed by atoms with E-state index in [4.69, 9.17) is 0 Å². The van der Waals surface area contributed by atoms with Crippen molar-refractivity contribution in [2.45, 2.75) is 25.7 Å². The van der Waals surface area contributed by atoms with Crippen molar-refractivity contribution in [3.05, 3.63) is 12.2 Å². The highest BCUT2D eigenvalue weighted by Gasteiger charge is 2.51. The van der Waals surface area contributed by atoms with Gasteiger partial charge in [0.1, 0.15) is 0 Å². The van der Waals surface area contributed by atoms with Crippen LogP contribution in [0, 0.1) is 5.41 Å². The summed E-state index contributed by atoms with van der Waals surface area (Å²) in [6, 6.07) is 0. The van der Waals surface area contributed by atoms with Crippen molar-refractivity contribution in [3.8, 4) is 0 Å². The quantitative estimate of drug-likeness (QED) is 0.403. The van der Waals surface area contributed by atoms with Crippen molar-refractivity contribution in [1.82, 2.24) is 0 Å². The Bertz CT molecular complexity index is 118. The lowest BCUT2D eigenvalue weighted by molar-refractivity contribution is 0.308. The van der Waals surface area contributed by atoms with Gasteiger partial charge in [0.15, 0.2) is 0 Å². The highest BCUT2D eigenvalue weighted by Crippen LogP contribution is 2.64. The minimum atomic E-state index is 0.736. The topological polar surface area (TPSA) is 0 Å². The fourth-order valence-corrected chi connectivity index (χ4v) is 1.50.